The van der Waals surface area contributed by atoms with Crippen LogP contribution in [0.3, 0.4) is 0 Å². The van der Waals surface area contributed by atoms with E-state index in [1.807, 2.05) is 25.1 Å². The summed E-state index contributed by atoms with van der Waals surface area (Å²) in [6.07, 6.45) is 0. The fourth-order valence-corrected chi connectivity index (χ4v) is 5.26. The molecule has 3 N–H and O–H groups in total. The molecule has 0 radical (unpaired) electrons. The first-order valence-electron chi connectivity index (χ1n) is 8.97. The Balaban J connectivity index is 1.78. The lowest BCUT2D eigenvalue weighted by Gasteiger charge is -2.43. The number of nitrogens with zero attached hydrogens (tertiary/aromatic N) is 2. The second-order valence-electron chi connectivity index (χ2n) is 8.07. The van der Waals surface area contributed by atoms with Crippen LogP contribution in [0.25, 0.3) is 22.6 Å². The number of imidazole rings is 1. The van der Waals surface area contributed by atoms with Crippen molar-refractivity contribution in [3.63, 3.8) is 0 Å². The highest BCUT2D eigenvalue weighted by atomic mass is 32.2. The molecular weight excluding hydrogens is 378 g/mol. The zero-order valence-corrected chi connectivity index (χ0v) is 17.3. The standard InChI is InChI=1S/C19H23N5O3S/c1-10-15(27-11(2)21-10)16-22-13-7-6-12(8-14(13)23-16)19(5)9-28(25,26)18(3,4)17(20)24-19/h6-8H,9H2,1-5H3,(H2,20,24)(H,22,23)/t19-/m0/s1. The van der Waals surface area contributed by atoms with E-state index in [2.05, 4.69) is 20.3 Å². The van der Waals surface area contributed by atoms with Crippen LogP contribution in [0.15, 0.2) is 22.6 Å². The van der Waals surface area contributed by atoms with Crippen molar-refractivity contribution in [1.29, 1.82) is 5.41 Å². The maximum atomic E-state index is 12.8. The third-order valence-corrected chi connectivity index (χ3v) is 8.21. The number of amidine groups is 1. The van der Waals surface area contributed by atoms with Crippen LogP contribution in [0.4, 0.5) is 0 Å². The maximum absolute atomic E-state index is 12.8. The number of fused-ring (bicyclic) bond motifs is 1. The number of aromatic amines is 1. The van der Waals surface area contributed by atoms with Gasteiger partial charge < -0.3 is 14.7 Å². The highest BCUT2D eigenvalue weighted by molar-refractivity contribution is 7.93. The molecule has 0 unspecified atom stereocenters. The van der Waals surface area contributed by atoms with Crippen molar-refractivity contribution in [2.24, 2.45) is 0 Å². The number of aryl methyl sites for hydroxylation is 2. The number of aromatic nitrogens is 3. The van der Waals surface area contributed by atoms with Gasteiger partial charge in [-0.25, -0.2) is 18.4 Å². The van der Waals surface area contributed by atoms with E-state index in [1.54, 1.807) is 27.7 Å². The summed E-state index contributed by atoms with van der Waals surface area (Å²) >= 11 is 0. The first kappa shape index (κ1) is 18.7. The largest absolute Gasteiger partial charge is 0.437 e. The summed E-state index contributed by atoms with van der Waals surface area (Å²) in [5.41, 5.74) is 2.10. The second kappa shape index (κ2) is 5.66. The van der Waals surface area contributed by atoms with Crippen molar-refractivity contribution in [2.45, 2.75) is 44.9 Å². The van der Waals surface area contributed by atoms with Gasteiger partial charge in [0.15, 0.2) is 27.3 Å². The highest BCUT2D eigenvalue weighted by Gasteiger charge is 2.50. The SMILES string of the molecule is Cc1nc(C)c(-c2nc3cc([C@]4(C)CS(=O)(=O)C(C)(C)C(=N)N4)ccc3[nH]2)o1. The number of H-pyrrole nitrogens is 1. The van der Waals surface area contributed by atoms with Gasteiger partial charge >= 0.3 is 0 Å². The molecule has 1 atom stereocenters. The van der Waals surface area contributed by atoms with Gasteiger partial charge in [-0.2, -0.15) is 0 Å². The minimum atomic E-state index is -3.50. The summed E-state index contributed by atoms with van der Waals surface area (Å²) in [7, 11) is -3.50. The van der Waals surface area contributed by atoms with E-state index in [0.29, 0.717) is 23.0 Å². The summed E-state index contributed by atoms with van der Waals surface area (Å²) in [6.45, 7) is 8.55. The summed E-state index contributed by atoms with van der Waals surface area (Å²) in [6, 6.07) is 5.57. The molecule has 0 bridgehead atoms. The summed E-state index contributed by atoms with van der Waals surface area (Å²) in [5.74, 6) is 1.63. The quantitative estimate of drug-likeness (QED) is 0.606. The zero-order valence-electron chi connectivity index (χ0n) is 16.5. The Morgan fingerprint density at radius 3 is 2.50 bits per heavy atom. The van der Waals surface area contributed by atoms with Crippen LogP contribution in [-0.4, -0.2) is 39.7 Å². The molecule has 8 nitrogen and oxygen atoms in total. The maximum Gasteiger partial charge on any atom is 0.192 e. The molecule has 1 aromatic carbocycles. The lowest BCUT2D eigenvalue weighted by Crippen LogP contribution is -2.63. The van der Waals surface area contributed by atoms with Gasteiger partial charge in [0.25, 0.3) is 0 Å². The molecule has 1 aliphatic heterocycles. The van der Waals surface area contributed by atoms with Crippen molar-refractivity contribution < 1.29 is 12.8 Å². The molecule has 1 fully saturated rings. The smallest absolute Gasteiger partial charge is 0.192 e. The van der Waals surface area contributed by atoms with Crippen LogP contribution < -0.4 is 5.32 Å². The normalized spacial score (nSPS) is 23.7. The number of rotatable bonds is 2. The van der Waals surface area contributed by atoms with Crippen LogP contribution in [0.1, 0.15) is 37.9 Å². The first-order chi connectivity index (χ1) is 12.9. The minimum Gasteiger partial charge on any atom is -0.437 e. The zero-order chi connectivity index (χ0) is 20.5. The van der Waals surface area contributed by atoms with Crippen LogP contribution in [-0.2, 0) is 15.4 Å². The third kappa shape index (κ3) is 2.64. The van der Waals surface area contributed by atoms with Crippen LogP contribution in [0, 0.1) is 19.3 Å². The first-order valence-corrected chi connectivity index (χ1v) is 10.6. The Hall–Kier alpha value is -2.68. The molecule has 0 aliphatic carbocycles. The summed E-state index contributed by atoms with van der Waals surface area (Å²) in [5, 5.41) is 11.3. The Kier molecular flexibility index (Phi) is 3.78. The predicted octanol–water partition coefficient (Wildman–Crippen LogP) is 2.82. The van der Waals surface area contributed by atoms with Crippen LogP contribution in [0.2, 0.25) is 0 Å². The Bertz CT molecular complexity index is 1220. The molecule has 1 saturated heterocycles. The number of hydrogen-bond acceptors (Lipinski definition) is 6. The fourth-order valence-electron chi connectivity index (χ4n) is 3.54. The molecular formula is C19H23N5O3S. The Morgan fingerprint density at radius 2 is 1.89 bits per heavy atom. The van der Waals surface area contributed by atoms with E-state index in [1.165, 1.54) is 0 Å². The van der Waals surface area contributed by atoms with Crippen molar-refractivity contribution in [2.75, 3.05) is 5.75 Å². The highest BCUT2D eigenvalue weighted by Crippen LogP contribution is 2.35. The molecule has 28 heavy (non-hydrogen) atoms. The number of hydrogen-bond donors (Lipinski definition) is 3. The molecule has 2 aromatic heterocycles. The molecule has 3 heterocycles. The van der Waals surface area contributed by atoms with Crippen molar-refractivity contribution in [3.8, 4) is 11.6 Å². The van der Waals surface area contributed by atoms with E-state index >= 15 is 0 Å². The predicted molar refractivity (Wildman–Crippen MR) is 107 cm³/mol. The van der Waals surface area contributed by atoms with Gasteiger partial charge in [-0.05, 0) is 45.4 Å². The molecule has 4 rings (SSSR count). The minimum absolute atomic E-state index is 0.00294. The third-order valence-electron chi connectivity index (χ3n) is 5.50. The van der Waals surface area contributed by atoms with E-state index in [9.17, 15) is 8.42 Å². The average Bonchev–Trinajstić information content (AvgIpc) is 3.14. The van der Waals surface area contributed by atoms with Gasteiger partial charge in [-0.15, -0.1) is 0 Å². The van der Waals surface area contributed by atoms with Crippen molar-refractivity contribution in [3.05, 3.63) is 35.3 Å². The van der Waals surface area contributed by atoms with E-state index in [4.69, 9.17) is 9.83 Å². The molecule has 3 aromatic rings. The molecule has 148 valence electrons. The molecule has 1 aliphatic rings. The van der Waals surface area contributed by atoms with Crippen LogP contribution in [0.5, 0.6) is 0 Å². The lowest BCUT2D eigenvalue weighted by atomic mass is 9.92. The number of sulfone groups is 1. The van der Waals surface area contributed by atoms with Gasteiger partial charge in [-0.1, -0.05) is 6.07 Å². The van der Waals surface area contributed by atoms with Gasteiger partial charge in [0.2, 0.25) is 0 Å². The summed E-state index contributed by atoms with van der Waals surface area (Å²) in [4.78, 5) is 12.1. The van der Waals surface area contributed by atoms with Crippen LogP contribution >= 0.6 is 0 Å². The van der Waals surface area contributed by atoms with Gasteiger partial charge in [0.05, 0.1) is 28.0 Å². The van der Waals surface area contributed by atoms with Crippen molar-refractivity contribution >= 4 is 26.7 Å². The number of oxazole rings is 1. The number of benzene rings is 1. The number of nitrogens with one attached hydrogen (secondary N) is 3. The Labute approximate surface area is 163 Å². The molecule has 0 saturated carbocycles. The topological polar surface area (TPSA) is 125 Å². The van der Waals surface area contributed by atoms with Gasteiger partial charge in [0, 0.05) is 6.92 Å². The lowest BCUT2D eigenvalue weighted by molar-refractivity contribution is 0.443. The van der Waals surface area contributed by atoms with E-state index < -0.39 is 20.1 Å². The average molecular weight is 401 g/mol. The molecule has 0 amide bonds. The monoisotopic (exact) mass is 401 g/mol. The Morgan fingerprint density at radius 1 is 1.18 bits per heavy atom. The van der Waals surface area contributed by atoms with Crippen molar-refractivity contribution in [1.82, 2.24) is 20.3 Å². The van der Waals surface area contributed by atoms with E-state index in [0.717, 1.165) is 16.8 Å². The molecule has 0 spiro atoms. The fraction of sp³-hybridized carbons (Fsp3) is 0.421. The van der Waals surface area contributed by atoms with E-state index in [-0.39, 0.29) is 11.6 Å². The summed E-state index contributed by atoms with van der Waals surface area (Å²) < 4.78 is 30.0. The second-order valence-corrected chi connectivity index (χ2v) is 10.6. The van der Waals surface area contributed by atoms with Gasteiger partial charge in [0.1, 0.15) is 10.6 Å². The molecule has 9 heteroatoms. The van der Waals surface area contributed by atoms with Gasteiger partial charge in [-0.3, -0.25) is 5.41 Å².